The summed E-state index contributed by atoms with van der Waals surface area (Å²) in [5.41, 5.74) is 0.117. The fourth-order valence-corrected chi connectivity index (χ4v) is 4.41. The lowest BCUT2D eigenvalue weighted by atomic mass is 10.2. The number of piperazine rings is 1. The van der Waals surface area contributed by atoms with E-state index in [9.17, 15) is 14.3 Å². The molecule has 2 saturated heterocycles. The van der Waals surface area contributed by atoms with E-state index < -0.39 is 11.9 Å². The highest BCUT2D eigenvalue weighted by atomic mass is 79.9. The predicted molar refractivity (Wildman–Crippen MR) is 115 cm³/mol. The molecule has 1 amide bonds. The first-order chi connectivity index (χ1) is 14.3. The summed E-state index contributed by atoms with van der Waals surface area (Å²) in [6.45, 7) is 2.96. The number of amides is 1. The summed E-state index contributed by atoms with van der Waals surface area (Å²) >= 11 is 9.36. The minimum Gasteiger partial charge on any atom is -0.465 e. The number of fused-ring (bicyclic) bond motifs is 1. The number of hydrogen-bond acceptors (Lipinski definition) is 6. The second kappa shape index (κ2) is 8.68. The van der Waals surface area contributed by atoms with Crippen molar-refractivity contribution in [3.8, 4) is 6.01 Å². The van der Waals surface area contributed by atoms with Gasteiger partial charge in [0.25, 0.3) is 0 Å². The van der Waals surface area contributed by atoms with E-state index in [-0.39, 0.29) is 27.1 Å². The maximum Gasteiger partial charge on any atom is 0.407 e. The van der Waals surface area contributed by atoms with Crippen LogP contribution in [0.5, 0.6) is 6.01 Å². The van der Waals surface area contributed by atoms with E-state index in [1.807, 2.05) is 4.90 Å². The second-order valence-corrected chi connectivity index (χ2v) is 8.76. The zero-order chi connectivity index (χ0) is 21.4. The highest BCUT2D eigenvalue weighted by Gasteiger charge is 2.26. The highest BCUT2D eigenvalue weighted by Crippen LogP contribution is 2.36. The molecule has 2 aliphatic rings. The molecule has 0 bridgehead atoms. The Morgan fingerprint density at radius 1 is 1.33 bits per heavy atom. The number of nitrogens with zero attached hydrogens (tertiary/aromatic N) is 5. The first-order valence-electron chi connectivity index (χ1n) is 9.76. The van der Waals surface area contributed by atoms with E-state index in [1.54, 1.807) is 6.07 Å². The molecular weight excluding hydrogens is 481 g/mol. The number of carboxylic acid groups (broad SMARTS) is 1. The van der Waals surface area contributed by atoms with Crippen molar-refractivity contribution in [2.24, 2.45) is 0 Å². The van der Waals surface area contributed by atoms with Gasteiger partial charge in [-0.1, -0.05) is 11.6 Å². The molecular formula is C19H22BrClFN5O3. The van der Waals surface area contributed by atoms with Crippen molar-refractivity contribution in [2.75, 3.05) is 51.3 Å². The molecule has 8 nitrogen and oxygen atoms in total. The van der Waals surface area contributed by atoms with Crippen LogP contribution in [0.4, 0.5) is 15.0 Å². The van der Waals surface area contributed by atoms with Gasteiger partial charge in [-0.2, -0.15) is 9.97 Å². The number of halogens is 3. The Morgan fingerprint density at radius 3 is 2.70 bits per heavy atom. The van der Waals surface area contributed by atoms with Gasteiger partial charge in [0.1, 0.15) is 17.9 Å². The van der Waals surface area contributed by atoms with Gasteiger partial charge in [-0.05, 0) is 48.4 Å². The third-order valence-electron chi connectivity index (χ3n) is 5.71. The van der Waals surface area contributed by atoms with E-state index >= 15 is 0 Å². The number of aromatic nitrogens is 2. The summed E-state index contributed by atoms with van der Waals surface area (Å²) < 4.78 is 21.0. The van der Waals surface area contributed by atoms with E-state index in [1.165, 1.54) is 4.90 Å². The average molecular weight is 503 g/mol. The van der Waals surface area contributed by atoms with Crippen LogP contribution in [0.3, 0.4) is 0 Å². The molecule has 3 heterocycles. The van der Waals surface area contributed by atoms with Crippen molar-refractivity contribution in [2.45, 2.75) is 18.9 Å². The van der Waals surface area contributed by atoms with Crippen molar-refractivity contribution in [1.82, 2.24) is 19.8 Å². The number of likely N-dealkylation sites (tertiary alicyclic amines) is 1. The minimum atomic E-state index is -0.954. The highest BCUT2D eigenvalue weighted by molar-refractivity contribution is 9.10. The smallest absolute Gasteiger partial charge is 0.407 e. The van der Waals surface area contributed by atoms with E-state index in [4.69, 9.17) is 16.3 Å². The predicted octanol–water partition coefficient (Wildman–Crippen LogP) is 3.46. The number of ether oxygens (including phenoxy) is 1. The van der Waals surface area contributed by atoms with Crippen LogP contribution in [-0.2, 0) is 0 Å². The Kier molecular flexibility index (Phi) is 6.17. The summed E-state index contributed by atoms with van der Waals surface area (Å²) in [6, 6.07) is 2.00. The first kappa shape index (κ1) is 21.3. The maximum absolute atomic E-state index is 15.0. The Morgan fingerprint density at radius 2 is 2.07 bits per heavy atom. The van der Waals surface area contributed by atoms with Crippen molar-refractivity contribution >= 4 is 50.3 Å². The standard InChI is InChI=1S/C19H22BrClFN5O3/c1-25-4-2-3-11(25)10-30-18-23-16-12(9-13(21)14(20)15(16)22)17(24-18)26-5-7-27(8-6-26)19(28)29/h9,11H,2-8,10H2,1H3,(H,28,29)/t11-/m0/s1. The largest absolute Gasteiger partial charge is 0.465 e. The van der Waals surface area contributed by atoms with Crippen LogP contribution in [-0.4, -0.2) is 83.4 Å². The molecule has 1 aromatic carbocycles. The van der Waals surface area contributed by atoms with Gasteiger partial charge in [0.2, 0.25) is 0 Å². The molecule has 0 radical (unpaired) electrons. The number of hydrogen-bond donors (Lipinski definition) is 1. The van der Waals surface area contributed by atoms with Crippen LogP contribution in [0.15, 0.2) is 10.5 Å². The summed E-state index contributed by atoms with van der Waals surface area (Å²) in [5, 5.41) is 9.88. The monoisotopic (exact) mass is 501 g/mol. The summed E-state index contributed by atoms with van der Waals surface area (Å²) in [4.78, 5) is 25.6. The lowest BCUT2D eigenvalue weighted by Crippen LogP contribution is -2.48. The molecule has 11 heteroatoms. The molecule has 2 aromatic rings. The van der Waals surface area contributed by atoms with Gasteiger partial charge in [-0.25, -0.2) is 9.18 Å². The second-order valence-electron chi connectivity index (χ2n) is 7.56. The first-order valence-corrected chi connectivity index (χ1v) is 10.9. The Bertz CT molecular complexity index is 973. The van der Waals surface area contributed by atoms with E-state index in [2.05, 4.69) is 37.8 Å². The molecule has 1 N–H and O–H groups in total. The van der Waals surface area contributed by atoms with Crippen LogP contribution in [0.25, 0.3) is 10.9 Å². The van der Waals surface area contributed by atoms with E-state index in [0.717, 1.165) is 19.4 Å². The molecule has 0 spiro atoms. The number of likely N-dealkylation sites (N-methyl/N-ethyl adjacent to an activating group) is 1. The Balaban J connectivity index is 1.68. The topological polar surface area (TPSA) is 82.0 Å². The van der Waals surface area contributed by atoms with Crippen molar-refractivity contribution in [1.29, 1.82) is 0 Å². The third-order valence-corrected chi connectivity index (χ3v) is 7.01. The van der Waals surface area contributed by atoms with E-state index in [0.29, 0.717) is 44.0 Å². The summed E-state index contributed by atoms with van der Waals surface area (Å²) in [6.07, 6.45) is 1.19. The molecule has 30 heavy (non-hydrogen) atoms. The summed E-state index contributed by atoms with van der Waals surface area (Å²) in [7, 11) is 2.05. The molecule has 4 rings (SSSR count). The fraction of sp³-hybridized carbons (Fsp3) is 0.526. The van der Waals surface area contributed by atoms with Crippen LogP contribution >= 0.6 is 27.5 Å². The van der Waals surface area contributed by atoms with Gasteiger partial charge in [0, 0.05) is 37.6 Å². The molecule has 0 saturated carbocycles. The van der Waals surface area contributed by atoms with Crippen LogP contribution in [0.1, 0.15) is 12.8 Å². The maximum atomic E-state index is 15.0. The van der Waals surface area contributed by atoms with Crippen molar-refractivity contribution in [3.63, 3.8) is 0 Å². The lowest BCUT2D eigenvalue weighted by molar-refractivity contribution is 0.142. The third kappa shape index (κ3) is 4.13. The van der Waals surface area contributed by atoms with Gasteiger partial charge in [-0.15, -0.1) is 0 Å². The van der Waals surface area contributed by atoms with Crippen molar-refractivity contribution < 1.29 is 19.0 Å². The zero-order valence-corrected chi connectivity index (χ0v) is 18.8. The molecule has 0 unspecified atom stereocenters. The zero-order valence-electron chi connectivity index (χ0n) is 16.4. The van der Waals surface area contributed by atoms with Gasteiger partial charge in [-0.3, -0.25) is 0 Å². The Labute approximate surface area is 186 Å². The summed E-state index contributed by atoms with van der Waals surface area (Å²) in [5.74, 6) is -0.0822. The number of benzene rings is 1. The normalized spacial score (nSPS) is 20.2. The molecule has 2 aliphatic heterocycles. The lowest BCUT2D eigenvalue weighted by Gasteiger charge is -2.34. The molecule has 0 aliphatic carbocycles. The van der Waals surface area contributed by atoms with Gasteiger partial charge in [0.05, 0.1) is 9.50 Å². The average Bonchev–Trinajstić information content (AvgIpc) is 3.15. The van der Waals surface area contributed by atoms with Gasteiger partial charge in [0.15, 0.2) is 5.82 Å². The van der Waals surface area contributed by atoms with Gasteiger partial charge >= 0.3 is 12.1 Å². The molecule has 1 aromatic heterocycles. The van der Waals surface area contributed by atoms with Gasteiger partial charge < -0.3 is 24.5 Å². The SMILES string of the molecule is CN1CCC[C@H]1COc1nc(N2CCN(C(=O)O)CC2)c2cc(Cl)c(Br)c(F)c2n1. The quantitative estimate of drug-likeness (QED) is 0.641. The Hall–Kier alpha value is -1.91. The molecule has 2 fully saturated rings. The number of anilines is 1. The minimum absolute atomic E-state index is 0.103. The van der Waals surface area contributed by atoms with Crippen LogP contribution < -0.4 is 9.64 Å². The van der Waals surface area contributed by atoms with Crippen molar-refractivity contribution in [3.05, 3.63) is 21.4 Å². The number of rotatable bonds is 4. The fourth-order valence-electron chi connectivity index (χ4n) is 3.91. The number of carbonyl (C=O) groups is 1. The van der Waals surface area contributed by atoms with Crippen LogP contribution in [0.2, 0.25) is 5.02 Å². The molecule has 1 atom stereocenters. The molecule has 162 valence electrons. The van der Waals surface area contributed by atoms with Crippen LogP contribution in [0, 0.1) is 5.82 Å².